The quantitative estimate of drug-likeness (QED) is 0.121. The number of hydrogen-bond acceptors (Lipinski definition) is 10. The lowest BCUT2D eigenvalue weighted by molar-refractivity contribution is -0.143. The van der Waals surface area contributed by atoms with E-state index in [2.05, 4.69) is 20.4 Å². The van der Waals surface area contributed by atoms with Gasteiger partial charge < -0.3 is 20.4 Å². The van der Waals surface area contributed by atoms with Gasteiger partial charge in [0, 0.05) is 51.5 Å². The molecule has 0 radical (unpaired) electrons. The van der Waals surface area contributed by atoms with E-state index >= 15 is 0 Å². The van der Waals surface area contributed by atoms with Gasteiger partial charge in [0.15, 0.2) is 22.8 Å². The molecule has 4 aromatic heterocycles. The van der Waals surface area contributed by atoms with Gasteiger partial charge >= 0.3 is 48.6 Å². The summed E-state index contributed by atoms with van der Waals surface area (Å²) < 4.78 is 239. The van der Waals surface area contributed by atoms with E-state index in [1.54, 1.807) is 23.5 Å². The maximum atomic E-state index is 13.9. The van der Waals surface area contributed by atoms with Crippen LogP contribution in [0.5, 0.6) is 0 Å². The zero-order chi connectivity index (χ0) is 57.5. The Kier molecular flexibility index (Phi) is 12.3. The number of aromatic nitrogens is 8. The first kappa shape index (κ1) is 55.5. The van der Waals surface area contributed by atoms with E-state index in [-0.39, 0.29) is 50.7 Å². The largest absolute Gasteiger partial charge is 0.480 e. The van der Waals surface area contributed by atoms with E-state index in [9.17, 15) is 98.2 Å². The van der Waals surface area contributed by atoms with Crippen molar-refractivity contribution in [3.63, 3.8) is 0 Å². The van der Waals surface area contributed by atoms with Gasteiger partial charge in [-0.2, -0.15) is 99.4 Å². The van der Waals surface area contributed by atoms with Crippen LogP contribution >= 0.6 is 23.5 Å². The zero-order valence-corrected chi connectivity index (χ0v) is 39.9. The first-order chi connectivity index (χ1) is 35.8. The van der Waals surface area contributed by atoms with Crippen LogP contribution < -0.4 is 0 Å². The Morgan fingerprint density at radius 2 is 0.628 bits per heavy atom. The topological polar surface area (TPSA) is 220 Å². The van der Waals surface area contributed by atoms with Gasteiger partial charge in [-0.3, -0.25) is 37.9 Å². The summed E-state index contributed by atoms with van der Waals surface area (Å²) in [7, 11) is 0. The summed E-state index contributed by atoms with van der Waals surface area (Å²) in [6.45, 7) is -3.53. The third-order valence-electron chi connectivity index (χ3n) is 14.7. The van der Waals surface area contributed by atoms with E-state index in [1.165, 1.54) is 0 Å². The number of nitrogens with zero attached hydrogens (tertiary/aromatic N) is 8. The molecule has 9 aliphatic rings. The summed E-state index contributed by atoms with van der Waals surface area (Å²) >= 11 is 3.30. The maximum Gasteiger partial charge on any atom is 0.435 e. The molecule has 1 spiro atoms. The number of fused-ring (bicyclic) bond motifs is 14. The zero-order valence-electron chi connectivity index (χ0n) is 38.3. The number of carboxylic acid groups (broad SMARTS) is 4. The van der Waals surface area contributed by atoms with Gasteiger partial charge in [-0.05, 0) is 55.3 Å². The molecule has 36 heteroatoms. The Balaban J connectivity index is 0.000000118. The molecule has 426 valence electrons. The van der Waals surface area contributed by atoms with Crippen LogP contribution in [0.2, 0.25) is 0 Å². The second-order valence-electron chi connectivity index (χ2n) is 19.7. The number of carbonyl (C=O) groups is 4. The minimum Gasteiger partial charge on any atom is -0.480 e. The lowest BCUT2D eigenvalue weighted by Gasteiger charge is -2.25. The van der Waals surface area contributed by atoms with Crippen LogP contribution in [0, 0.1) is 23.7 Å². The summed E-state index contributed by atoms with van der Waals surface area (Å²) in [5, 5.41) is 47.4. The number of alkyl halides is 18. The van der Waals surface area contributed by atoms with Crippen molar-refractivity contribution in [1.29, 1.82) is 0 Å². The smallest absolute Gasteiger partial charge is 0.435 e. The molecular weight excluding hydrogens is 1150 g/mol. The molecule has 5 heterocycles. The van der Waals surface area contributed by atoms with Gasteiger partial charge in [0.05, 0.1) is 5.69 Å². The monoisotopic (exact) mass is 1180 g/mol. The average Bonchev–Trinajstić information content (AvgIpc) is 3.68. The minimum absolute atomic E-state index is 0.0121. The van der Waals surface area contributed by atoms with Crippen LogP contribution in [0.15, 0.2) is 0 Å². The van der Waals surface area contributed by atoms with Crippen LogP contribution in [0.25, 0.3) is 0 Å². The predicted octanol–water partition coefficient (Wildman–Crippen LogP) is 9.32. The van der Waals surface area contributed by atoms with Crippen LogP contribution in [0.4, 0.5) is 79.0 Å². The van der Waals surface area contributed by atoms with Crippen LogP contribution in [-0.2, 0) is 91.9 Å². The third kappa shape index (κ3) is 8.81. The second-order valence-corrected chi connectivity index (χ2v) is 22.6. The SMILES string of the molecule is O=C(O)Cn1nc(C(F)(F)F)c2c1C(F)(F)C1CC21.O=C(O)Cn1nc(C(F)(F)F)c2c1C(F)(F)[C@@H]1C[C@H]21.O=C(O)Cn1nc(C(F)(F)F)c2c1C(F)(F)[C@H]1C[C@@H]21.O=C(O)Cn1nc(C(F)(F)F)c2c1C1(SCCS1)C1CC21. The molecule has 4 N–H and O–H groups in total. The first-order valence-electron chi connectivity index (χ1n) is 22.8. The Morgan fingerprint density at radius 3 is 0.872 bits per heavy atom. The van der Waals surface area contributed by atoms with E-state index in [0.717, 1.165) is 22.6 Å². The summed E-state index contributed by atoms with van der Waals surface area (Å²) in [5.74, 6) is -20.2. The van der Waals surface area contributed by atoms with Crippen molar-refractivity contribution >= 4 is 47.4 Å². The molecule has 4 unspecified atom stereocenters. The van der Waals surface area contributed by atoms with Crippen molar-refractivity contribution in [2.75, 3.05) is 11.5 Å². The molecular formula is C42H32F18N8O8S2. The maximum absolute atomic E-state index is 13.9. The Labute approximate surface area is 429 Å². The summed E-state index contributed by atoms with van der Waals surface area (Å²) in [6, 6.07) is 0. The van der Waals surface area contributed by atoms with Gasteiger partial charge in [0.2, 0.25) is 0 Å². The van der Waals surface area contributed by atoms with Gasteiger partial charge in [-0.15, -0.1) is 23.5 Å². The molecule has 4 aromatic rings. The van der Waals surface area contributed by atoms with E-state index in [1.807, 2.05) is 0 Å². The first-order valence-corrected chi connectivity index (χ1v) is 24.7. The number of halogens is 18. The number of aliphatic carboxylic acids is 4. The molecule has 4 saturated carbocycles. The van der Waals surface area contributed by atoms with Crippen molar-refractivity contribution in [1.82, 2.24) is 39.1 Å². The predicted molar refractivity (Wildman–Crippen MR) is 221 cm³/mol. The molecule has 0 aromatic carbocycles. The van der Waals surface area contributed by atoms with Crippen molar-refractivity contribution in [3.05, 3.63) is 67.8 Å². The van der Waals surface area contributed by atoms with Crippen molar-refractivity contribution < 1.29 is 119 Å². The number of carboxylic acids is 4. The average molecular weight is 1180 g/mol. The standard InChI is InChI=1S/C12H11F3N2O2S2.3C10H7F5N2O2/c13-12(14,15)9-8-5-3-6(5)11(20-1-2-21-11)10(8)17(16-9)4-7(18)19;3*11-9(12)4-1-3(4)6-7(10(13,14)15)16-17(8(6)9)2-5(18)19/h5-6H,1-4H2,(H,18,19);3*3-4H,1-2H2,(H,18,19)/t;2*3-,4+;/m.10./s1. The normalized spacial score (nSPS) is 27.5. The van der Waals surface area contributed by atoms with E-state index in [4.69, 9.17) is 20.4 Å². The highest BCUT2D eigenvalue weighted by molar-refractivity contribution is 8.20. The second kappa shape index (κ2) is 17.3. The Bertz CT molecular complexity index is 2960. The van der Waals surface area contributed by atoms with Crippen LogP contribution in [-0.4, -0.2) is 94.9 Å². The van der Waals surface area contributed by atoms with Crippen LogP contribution in [0.1, 0.15) is 117 Å². The van der Waals surface area contributed by atoms with Crippen LogP contribution in [0.3, 0.4) is 0 Å². The fraction of sp³-hybridized carbons (Fsp3) is 0.619. The Morgan fingerprint density at radius 1 is 0.410 bits per heavy atom. The Hall–Kier alpha value is -5.84. The molecule has 1 aliphatic heterocycles. The van der Waals surface area contributed by atoms with Crippen molar-refractivity contribution in [3.8, 4) is 0 Å². The summed E-state index contributed by atoms with van der Waals surface area (Å²) in [6.07, 6.45) is -18.4. The van der Waals surface area contributed by atoms with Gasteiger partial charge in [-0.25, -0.2) is 0 Å². The van der Waals surface area contributed by atoms with E-state index in [0.29, 0.717) is 5.69 Å². The van der Waals surface area contributed by atoms with E-state index < -0.39 is 189 Å². The summed E-state index contributed by atoms with van der Waals surface area (Å²) in [4.78, 5) is 42.6. The van der Waals surface area contributed by atoms with Crippen molar-refractivity contribution in [2.24, 2.45) is 23.7 Å². The molecule has 5 fully saturated rings. The molecule has 13 rings (SSSR count). The van der Waals surface area contributed by atoms with Gasteiger partial charge in [0.1, 0.15) is 47.3 Å². The fourth-order valence-electron chi connectivity index (χ4n) is 11.7. The molecule has 0 bridgehead atoms. The summed E-state index contributed by atoms with van der Waals surface area (Å²) in [5.41, 5.74) is -8.49. The van der Waals surface area contributed by atoms with Crippen molar-refractivity contribution in [2.45, 2.75) is 122 Å². The van der Waals surface area contributed by atoms with Gasteiger partial charge in [0.25, 0.3) is 17.8 Å². The molecule has 78 heavy (non-hydrogen) atoms. The highest BCUT2D eigenvalue weighted by atomic mass is 32.2. The lowest BCUT2D eigenvalue weighted by atomic mass is 10.1. The lowest BCUT2D eigenvalue weighted by Crippen LogP contribution is -2.23. The van der Waals surface area contributed by atoms with Gasteiger partial charge in [-0.1, -0.05) is 0 Å². The molecule has 16 nitrogen and oxygen atoms in total. The molecule has 8 aliphatic carbocycles. The minimum atomic E-state index is -4.86. The highest BCUT2D eigenvalue weighted by Gasteiger charge is 2.72. The fourth-order valence-corrected chi connectivity index (χ4v) is 15.5. The number of hydrogen-bond donors (Lipinski definition) is 4. The third-order valence-corrected chi connectivity index (χ3v) is 18.3. The molecule has 1 saturated heterocycles. The number of rotatable bonds is 8. The molecule has 0 amide bonds. The highest BCUT2D eigenvalue weighted by Crippen LogP contribution is 2.76. The molecule has 8 atom stereocenters. The number of thioether (sulfide) groups is 2.